The van der Waals surface area contributed by atoms with E-state index in [0.29, 0.717) is 5.56 Å². The smallest absolute Gasteiger partial charge is 0.267 e. The Kier molecular flexibility index (Phi) is 4.10. The lowest BCUT2D eigenvalue weighted by Crippen LogP contribution is -2.33. The summed E-state index contributed by atoms with van der Waals surface area (Å²) in [5, 5.41) is 0. The van der Waals surface area contributed by atoms with Crippen LogP contribution in [0.3, 0.4) is 0 Å². The molecule has 2 heteroatoms. The molecule has 1 aromatic carbocycles. The maximum atomic E-state index is 12.2. The van der Waals surface area contributed by atoms with Crippen LogP contribution in [0, 0.1) is 10.8 Å². The monoisotopic (exact) mass is 245 g/mol. The Bertz CT molecular complexity index is 428. The third-order valence-electron chi connectivity index (χ3n) is 2.65. The van der Waals surface area contributed by atoms with Gasteiger partial charge in [-0.15, -0.1) is 0 Å². The normalized spacial score (nSPS) is 12.1. The van der Waals surface area contributed by atoms with E-state index in [0.717, 1.165) is 5.71 Å². The molecule has 0 saturated carbocycles. The molecular weight excluding hydrogens is 222 g/mol. The van der Waals surface area contributed by atoms with Crippen molar-refractivity contribution in [2.45, 2.75) is 41.5 Å². The van der Waals surface area contributed by atoms with Gasteiger partial charge in [-0.3, -0.25) is 4.79 Å². The molecule has 1 amide bonds. The van der Waals surface area contributed by atoms with Crippen LogP contribution >= 0.6 is 0 Å². The first-order chi connectivity index (χ1) is 8.12. The molecule has 0 bridgehead atoms. The van der Waals surface area contributed by atoms with Gasteiger partial charge in [-0.25, -0.2) is 4.99 Å². The molecule has 0 aliphatic rings. The number of rotatable bonds is 1. The summed E-state index contributed by atoms with van der Waals surface area (Å²) in [6.45, 7) is 12.6. The second-order valence-electron chi connectivity index (χ2n) is 6.63. The summed E-state index contributed by atoms with van der Waals surface area (Å²) < 4.78 is 0. The lowest BCUT2D eigenvalue weighted by atomic mass is 9.75. The van der Waals surface area contributed by atoms with Crippen molar-refractivity contribution in [2.75, 3.05) is 0 Å². The Morgan fingerprint density at radius 2 is 1.33 bits per heavy atom. The number of amides is 1. The van der Waals surface area contributed by atoms with E-state index >= 15 is 0 Å². The Morgan fingerprint density at radius 3 is 1.72 bits per heavy atom. The molecule has 0 aliphatic heterocycles. The standard InChI is InChI=1S/C16H23NO/c1-15(2,3)14(16(4,5)6)17-13(18)12-10-8-7-9-11-12/h7-11H,1-6H3. The fourth-order valence-electron chi connectivity index (χ4n) is 2.21. The minimum Gasteiger partial charge on any atom is -0.267 e. The fraction of sp³-hybridized carbons (Fsp3) is 0.500. The maximum Gasteiger partial charge on any atom is 0.276 e. The lowest BCUT2D eigenvalue weighted by molar-refractivity contribution is 0.1000. The average Bonchev–Trinajstić information content (AvgIpc) is 2.23. The van der Waals surface area contributed by atoms with Crippen LogP contribution in [-0.4, -0.2) is 11.6 Å². The molecule has 0 atom stereocenters. The van der Waals surface area contributed by atoms with Gasteiger partial charge in [0.1, 0.15) is 0 Å². The highest BCUT2D eigenvalue weighted by molar-refractivity contribution is 6.07. The van der Waals surface area contributed by atoms with Gasteiger partial charge in [0.2, 0.25) is 0 Å². The number of hydrogen-bond donors (Lipinski definition) is 0. The fourth-order valence-corrected chi connectivity index (χ4v) is 2.21. The molecule has 0 unspecified atom stereocenters. The SMILES string of the molecule is CC(C)(C)C(=NC(=O)c1ccccc1)C(C)(C)C. The summed E-state index contributed by atoms with van der Waals surface area (Å²) in [4.78, 5) is 16.5. The van der Waals surface area contributed by atoms with Crippen molar-refractivity contribution in [2.24, 2.45) is 15.8 Å². The molecule has 1 aromatic rings. The zero-order chi connectivity index (χ0) is 14.0. The molecule has 18 heavy (non-hydrogen) atoms. The van der Waals surface area contributed by atoms with Crippen LogP contribution in [0.1, 0.15) is 51.9 Å². The number of hydrogen-bond acceptors (Lipinski definition) is 1. The van der Waals surface area contributed by atoms with Crippen LogP contribution in [0.15, 0.2) is 35.3 Å². The van der Waals surface area contributed by atoms with E-state index < -0.39 is 0 Å². The Balaban J connectivity index is 3.16. The van der Waals surface area contributed by atoms with Crippen molar-refractivity contribution in [1.82, 2.24) is 0 Å². The molecule has 98 valence electrons. The number of benzene rings is 1. The van der Waals surface area contributed by atoms with E-state index in [9.17, 15) is 4.79 Å². The van der Waals surface area contributed by atoms with E-state index in [4.69, 9.17) is 0 Å². The zero-order valence-electron chi connectivity index (χ0n) is 12.2. The molecule has 0 saturated heterocycles. The highest BCUT2D eigenvalue weighted by Gasteiger charge is 2.30. The van der Waals surface area contributed by atoms with Gasteiger partial charge in [0, 0.05) is 22.1 Å². The third kappa shape index (κ3) is 3.80. The van der Waals surface area contributed by atoms with Crippen LogP contribution in [0.5, 0.6) is 0 Å². The molecule has 0 N–H and O–H groups in total. The number of aliphatic imine (C=N–C) groups is 1. The Labute approximate surface area is 110 Å². The maximum absolute atomic E-state index is 12.2. The van der Waals surface area contributed by atoms with Crippen molar-refractivity contribution in [3.8, 4) is 0 Å². The molecule has 0 radical (unpaired) electrons. The van der Waals surface area contributed by atoms with Gasteiger partial charge in [-0.05, 0) is 12.1 Å². The number of carbonyl (C=O) groups excluding carboxylic acids is 1. The number of carbonyl (C=O) groups is 1. The van der Waals surface area contributed by atoms with Crippen LogP contribution in [-0.2, 0) is 0 Å². The summed E-state index contributed by atoms with van der Waals surface area (Å²) in [5.74, 6) is -0.157. The zero-order valence-corrected chi connectivity index (χ0v) is 12.2. The molecule has 0 spiro atoms. The van der Waals surface area contributed by atoms with Crippen molar-refractivity contribution >= 4 is 11.6 Å². The van der Waals surface area contributed by atoms with Crippen LogP contribution < -0.4 is 0 Å². The topological polar surface area (TPSA) is 29.4 Å². The molecule has 0 aromatic heterocycles. The van der Waals surface area contributed by atoms with Crippen molar-refractivity contribution in [1.29, 1.82) is 0 Å². The van der Waals surface area contributed by atoms with Gasteiger partial charge < -0.3 is 0 Å². The van der Waals surface area contributed by atoms with Gasteiger partial charge in [-0.2, -0.15) is 0 Å². The summed E-state index contributed by atoms with van der Waals surface area (Å²) in [7, 11) is 0. The summed E-state index contributed by atoms with van der Waals surface area (Å²) in [6.07, 6.45) is 0. The van der Waals surface area contributed by atoms with E-state index in [1.165, 1.54) is 0 Å². The minimum atomic E-state index is -0.157. The van der Waals surface area contributed by atoms with E-state index in [2.05, 4.69) is 46.5 Å². The highest BCUT2D eigenvalue weighted by atomic mass is 16.1. The Hall–Kier alpha value is -1.44. The van der Waals surface area contributed by atoms with Gasteiger partial charge in [0.25, 0.3) is 5.91 Å². The predicted octanol–water partition coefficient (Wildman–Crippen LogP) is 4.36. The van der Waals surface area contributed by atoms with Crippen molar-refractivity contribution in [3.63, 3.8) is 0 Å². The van der Waals surface area contributed by atoms with Crippen LogP contribution in [0.2, 0.25) is 0 Å². The van der Waals surface area contributed by atoms with E-state index in [1.54, 1.807) is 12.1 Å². The second-order valence-corrected chi connectivity index (χ2v) is 6.63. The molecule has 0 fully saturated rings. The minimum absolute atomic E-state index is 0.108. The largest absolute Gasteiger partial charge is 0.276 e. The van der Waals surface area contributed by atoms with Gasteiger partial charge in [0.15, 0.2) is 0 Å². The first-order valence-electron chi connectivity index (χ1n) is 6.31. The first-order valence-corrected chi connectivity index (χ1v) is 6.31. The van der Waals surface area contributed by atoms with Gasteiger partial charge in [0.05, 0.1) is 0 Å². The van der Waals surface area contributed by atoms with E-state index in [1.807, 2.05) is 18.2 Å². The number of nitrogens with zero attached hydrogens (tertiary/aromatic N) is 1. The average molecular weight is 245 g/mol. The summed E-state index contributed by atoms with van der Waals surface area (Å²) in [6, 6.07) is 9.21. The summed E-state index contributed by atoms with van der Waals surface area (Å²) >= 11 is 0. The van der Waals surface area contributed by atoms with Gasteiger partial charge >= 0.3 is 0 Å². The molecule has 2 nitrogen and oxygen atoms in total. The first kappa shape index (κ1) is 14.6. The quantitative estimate of drug-likeness (QED) is 0.676. The second kappa shape index (κ2) is 5.05. The predicted molar refractivity (Wildman–Crippen MR) is 77.1 cm³/mol. The molecule has 0 aliphatic carbocycles. The summed E-state index contributed by atoms with van der Waals surface area (Å²) in [5.41, 5.74) is 1.36. The van der Waals surface area contributed by atoms with Crippen molar-refractivity contribution < 1.29 is 4.79 Å². The van der Waals surface area contributed by atoms with Crippen LogP contribution in [0.25, 0.3) is 0 Å². The molecule has 0 heterocycles. The van der Waals surface area contributed by atoms with E-state index in [-0.39, 0.29) is 16.7 Å². The van der Waals surface area contributed by atoms with Crippen molar-refractivity contribution in [3.05, 3.63) is 35.9 Å². The lowest BCUT2D eigenvalue weighted by Gasteiger charge is -2.31. The van der Waals surface area contributed by atoms with Gasteiger partial charge in [-0.1, -0.05) is 59.7 Å². The Morgan fingerprint density at radius 1 is 0.889 bits per heavy atom. The third-order valence-corrected chi connectivity index (χ3v) is 2.65. The molecule has 1 rings (SSSR count). The molecular formula is C16H23NO. The highest BCUT2D eigenvalue weighted by Crippen LogP contribution is 2.30. The van der Waals surface area contributed by atoms with Crippen LogP contribution in [0.4, 0.5) is 0 Å².